The zero-order valence-corrected chi connectivity index (χ0v) is 11.5. The van der Waals surface area contributed by atoms with Crippen LogP contribution in [0.4, 0.5) is 0 Å². The number of amides is 2. The zero-order valence-electron chi connectivity index (χ0n) is 11.5. The number of aliphatic hydroxyl groups is 1. The number of carbonyl (C=O) groups is 2. The summed E-state index contributed by atoms with van der Waals surface area (Å²) in [6.07, 6.45) is 2.91. The van der Waals surface area contributed by atoms with Gasteiger partial charge in [0.1, 0.15) is 6.04 Å². The summed E-state index contributed by atoms with van der Waals surface area (Å²) in [5.74, 6) is -0.145. The van der Waals surface area contributed by atoms with Gasteiger partial charge in [-0.05, 0) is 30.9 Å². The number of hydrogen-bond donors (Lipinski definition) is 2. The second-order valence-corrected chi connectivity index (χ2v) is 5.17. The molecule has 0 aromatic carbocycles. The quantitative estimate of drug-likeness (QED) is 0.828. The molecule has 1 aromatic rings. The first-order valence-corrected chi connectivity index (χ1v) is 6.86. The highest BCUT2D eigenvalue weighted by molar-refractivity contribution is 5.95. The molecule has 0 saturated carbocycles. The minimum atomic E-state index is -0.446. The molecule has 0 radical (unpaired) electrons. The lowest BCUT2D eigenvalue weighted by atomic mass is 10.1. The van der Waals surface area contributed by atoms with Crippen LogP contribution in [0.5, 0.6) is 0 Å². The molecule has 0 aliphatic carbocycles. The van der Waals surface area contributed by atoms with Crippen LogP contribution in [0.25, 0.3) is 0 Å². The van der Waals surface area contributed by atoms with Crippen molar-refractivity contribution >= 4 is 11.8 Å². The third-order valence-corrected chi connectivity index (χ3v) is 3.48. The Bertz CT molecular complexity index is 458. The van der Waals surface area contributed by atoms with Crippen LogP contribution in [0.3, 0.4) is 0 Å². The first-order chi connectivity index (χ1) is 9.63. The molecule has 6 nitrogen and oxygen atoms in total. The molecule has 1 aromatic heterocycles. The molecule has 2 atom stereocenters. The van der Waals surface area contributed by atoms with Crippen LogP contribution in [-0.4, -0.2) is 47.6 Å². The third-order valence-electron chi connectivity index (χ3n) is 3.48. The third kappa shape index (κ3) is 3.19. The molecule has 2 unspecified atom stereocenters. The SMILES string of the molecule is CC(CO)CNC(=O)C1CCCN1C(=O)c1ccco1. The Morgan fingerprint density at radius 1 is 1.60 bits per heavy atom. The van der Waals surface area contributed by atoms with Gasteiger partial charge in [-0.3, -0.25) is 9.59 Å². The van der Waals surface area contributed by atoms with Gasteiger partial charge in [-0.2, -0.15) is 0 Å². The largest absolute Gasteiger partial charge is 0.459 e. The average Bonchev–Trinajstić information content (AvgIpc) is 3.13. The molecule has 2 N–H and O–H groups in total. The topological polar surface area (TPSA) is 82.8 Å². The molecule has 1 aliphatic rings. The first kappa shape index (κ1) is 14.6. The van der Waals surface area contributed by atoms with Crippen LogP contribution in [0, 0.1) is 5.92 Å². The highest BCUT2D eigenvalue weighted by Gasteiger charge is 2.35. The minimum absolute atomic E-state index is 0.00887. The summed E-state index contributed by atoms with van der Waals surface area (Å²) in [4.78, 5) is 25.9. The van der Waals surface area contributed by atoms with Gasteiger partial charge in [0.2, 0.25) is 5.91 Å². The van der Waals surface area contributed by atoms with Crippen LogP contribution < -0.4 is 5.32 Å². The van der Waals surface area contributed by atoms with Crippen molar-refractivity contribution in [1.29, 1.82) is 0 Å². The highest BCUT2D eigenvalue weighted by atomic mass is 16.3. The van der Waals surface area contributed by atoms with Crippen molar-refractivity contribution in [3.63, 3.8) is 0 Å². The number of hydrogen-bond acceptors (Lipinski definition) is 4. The summed E-state index contributed by atoms with van der Waals surface area (Å²) in [7, 11) is 0. The Morgan fingerprint density at radius 2 is 2.40 bits per heavy atom. The fourth-order valence-corrected chi connectivity index (χ4v) is 2.28. The first-order valence-electron chi connectivity index (χ1n) is 6.86. The van der Waals surface area contributed by atoms with Crippen molar-refractivity contribution in [2.75, 3.05) is 19.7 Å². The standard InChI is InChI=1S/C14H20N2O4/c1-10(9-17)8-15-13(18)11-4-2-6-16(11)14(19)12-5-3-7-20-12/h3,5,7,10-11,17H,2,4,6,8-9H2,1H3,(H,15,18). The van der Waals surface area contributed by atoms with E-state index in [4.69, 9.17) is 9.52 Å². The average molecular weight is 280 g/mol. The van der Waals surface area contributed by atoms with Crippen molar-refractivity contribution < 1.29 is 19.1 Å². The van der Waals surface area contributed by atoms with E-state index >= 15 is 0 Å². The second kappa shape index (κ2) is 6.56. The Kier molecular flexibility index (Phi) is 4.79. The molecular formula is C14H20N2O4. The summed E-state index contributed by atoms with van der Waals surface area (Å²) in [6, 6.07) is 2.81. The number of likely N-dealkylation sites (tertiary alicyclic amines) is 1. The van der Waals surface area contributed by atoms with Crippen LogP contribution in [0.1, 0.15) is 30.3 Å². The predicted molar refractivity (Wildman–Crippen MR) is 72.0 cm³/mol. The molecule has 20 heavy (non-hydrogen) atoms. The second-order valence-electron chi connectivity index (χ2n) is 5.17. The van der Waals surface area contributed by atoms with Gasteiger partial charge in [-0.1, -0.05) is 6.92 Å². The van der Waals surface area contributed by atoms with Crippen molar-refractivity contribution in [2.24, 2.45) is 5.92 Å². The number of nitrogens with zero attached hydrogens (tertiary/aromatic N) is 1. The fraction of sp³-hybridized carbons (Fsp3) is 0.571. The van der Waals surface area contributed by atoms with Gasteiger partial charge in [0.05, 0.1) is 6.26 Å². The van der Waals surface area contributed by atoms with Crippen molar-refractivity contribution in [2.45, 2.75) is 25.8 Å². The van der Waals surface area contributed by atoms with Gasteiger partial charge in [0, 0.05) is 19.7 Å². The van der Waals surface area contributed by atoms with Crippen LogP contribution >= 0.6 is 0 Å². The van der Waals surface area contributed by atoms with E-state index in [1.807, 2.05) is 6.92 Å². The molecule has 0 bridgehead atoms. The molecular weight excluding hydrogens is 260 g/mol. The number of furan rings is 1. The molecule has 0 spiro atoms. The maximum absolute atomic E-state index is 12.2. The van der Waals surface area contributed by atoms with Gasteiger partial charge in [0.25, 0.3) is 5.91 Å². The van der Waals surface area contributed by atoms with E-state index in [9.17, 15) is 9.59 Å². The minimum Gasteiger partial charge on any atom is -0.459 e. The van der Waals surface area contributed by atoms with E-state index in [1.165, 1.54) is 6.26 Å². The van der Waals surface area contributed by atoms with E-state index in [0.717, 1.165) is 6.42 Å². The molecule has 1 saturated heterocycles. The summed E-state index contributed by atoms with van der Waals surface area (Å²) in [5.41, 5.74) is 0. The molecule has 110 valence electrons. The molecule has 2 amide bonds. The Morgan fingerprint density at radius 3 is 3.05 bits per heavy atom. The van der Waals surface area contributed by atoms with Crippen LogP contribution in [0.2, 0.25) is 0 Å². The van der Waals surface area contributed by atoms with Crippen molar-refractivity contribution in [1.82, 2.24) is 10.2 Å². The summed E-state index contributed by atoms with van der Waals surface area (Å²) in [5, 5.41) is 11.7. The number of aliphatic hydroxyl groups excluding tert-OH is 1. The zero-order chi connectivity index (χ0) is 14.5. The maximum Gasteiger partial charge on any atom is 0.290 e. The Hall–Kier alpha value is -1.82. The fourth-order valence-electron chi connectivity index (χ4n) is 2.28. The number of nitrogens with one attached hydrogen (secondary N) is 1. The van der Waals surface area contributed by atoms with Gasteiger partial charge in [-0.15, -0.1) is 0 Å². The summed E-state index contributed by atoms with van der Waals surface area (Å²) in [6.45, 7) is 2.85. The van der Waals surface area contributed by atoms with E-state index in [0.29, 0.717) is 19.5 Å². The maximum atomic E-state index is 12.2. The number of carbonyl (C=O) groups excluding carboxylic acids is 2. The van der Waals surface area contributed by atoms with E-state index in [-0.39, 0.29) is 30.1 Å². The lowest BCUT2D eigenvalue weighted by Crippen LogP contribution is -2.46. The lowest BCUT2D eigenvalue weighted by molar-refractivity contribution is -0.125. The van der Waals surface area contributed by atoms with Gasteiger partial charge in [-0.25, -0.2) is 0 Å². The summed E-state index contributed by atoms with van der Waals surface area (Å²) >= 11 is 0. The highest BCUT2D eigenvalue weighted by Crippen LogP contribution is 2.20. The normalized spacial score (nSPS) is 19.9. The predicted octanol–water partition coefficient (Wildman–Crippen LogP) is 0.629. The van der Waals surface area contributed by atoms with E-state index in [1.54, 1.807) is 17.0 Å². The molecule has 1 fully saturated rings. The van der Waals surface area contributed by atoms with Gasteiger partial charge < -0.3 is 19.7 Å². The number of rotatable bonds is 5. The van der Waals surface area contributed by atoms with Crippen LogP contribution in [-0.2, 0) is 4.79 Å². The molecule has 2 rings (SSSR count). The van der Waals surface area contributed by atoms with Crippen molar-refractivity contribution in [3.05, 3.63) is 24.2 Å². The van der Waals surface area contributed by atoms with Crippen molar-refractivity contribution in [3.8, 4) is 0 Å². The summed E-state index contributed by atoms with van der Waals surface area (Å²) < 4.78 is 5.10. The molecule has 1 aliphatic heterocycles. The Balaban J connectivity index is 1.96. The van der Waals surface area contributed by atoms with Crippen LogP contribution in [0.15, 0.2) is 22.8 Å². The monoisotopic (exact) mass is 280 g/mol. The van der Waals surface area contributed by atoms with E-state index < -0.39 is 6.04 Å². The smallest absolute Gasteiger partial charge is 0.290 e. The lowest BCUT2D eigenvalue weighted by Gasteiger charge is -2.23. The molecule has 2 heterocycles. The van der Waals surface area contributed by atoms with E-state index in [2.05, 4.69) is 5.32 Å². The van der Waals surface area contributed by atoms with Gasteiger partial charge in [0.15, 0.2) is 5.76 Å². The Labute approximate surface area is 117 Å². The molecule has 6 heteroatoms. The van der Waals surface area contributed by atoms with Gasteiger partial charge >= 0.3 is 0 Å².